The molecule has 1 aromatic heterocycles. The van der Waals surface area contributed by atoms with Gasteiger partial charge in [-0.25, -0.2) is 4.79 Å². The maximum absolute atomic E-state index is 11.3. The van der Waals surface area contributed by atoms with Crippen molar-refractivity contribution >= 4 is 11.8 Å². The van der Waals surface area contributed by atoms with E-state index in [9.17, 15) is 9.90 Å². The van der Waals surface area contributed by atoms with Crippen molar-refractivity contribution in [3.8, 4) is 17.0 Å². The number of methoxy groups -OCH3 is 1. The second-order valence-electron chi connectivity index (χ2n) is 4.78. The number of benzene rings is 1. The monoisotopic (exact) mass is 275 g/mol. The van der Waals surface area contributed by atoms with Crippen molar-refractivity contribution in [1.82, 2.24) is 10.2 Å². The molecule has 1 heterocycles. The van der Waals surface area contributed by atoms with E-state index in [1.807, 2.05) is 18.2 Å². The molecule has 0 saturated heterocycles. The smallest absolute Gasteiger partial charge is 0.341 e. The molecule has 20 heavy (non-hydrogen) atoms. The van der Waals surface area contributed by atoms with Gasteiger partial charge in [0.2, 0.25) is 0 Å². The summed E-state index contributed by atoms with van der Waals surface area (Å²) in [5.74, 6) is -0.227. The van der Waals surface area contributed by atoms with Gasteiger partial charge in [0.05, 0.1) is 12.8 Å². The first-order valence-corrected chi connectivity index (χ1v) is 6.21. The number of aromatic nitrogens is 2. The molecule has 0 amide bonds. The first-order valence-electron chi connectivity index (χ1n) is 6.21. The highest BCUT2D eigenvalue weighted by molar-refractivity contribution is 6.00. The quantitative estimate of drug-likeness (QED) is 0.795. The molecule has 0 spiro atoms. The second kappa shape index (κ2) is 5.24. The zero-order valence-electron chi connectivity index (χ0n) is 11.6. The molecule has 1 aromatic carbocycles. The molecule has 2 aromatic rings. The number of hydrogen-bond donors (Lipinski definition) is 3. The number of carbonyl (C=O) groups is 1. The van der Waals surface area contributed by atoms with E-state index >= 15 is 0 Å². The van der Waals surface area contributed by atoms with Crippen LogP contribution in [0.4, 0.5) is 5.82 Å². The molecule has 4 N–H and O–H groups in total. The van der Waals surface area contributed by atoms with Gasteiger partial charge in [0.25, 0.3) is 0 Å². The number of nitrogens with two attached hydrogens (primary N) is 1. The van der Waals surface area contributed by atoms with E-state index in [2.05, 4.69) is 24.0 Å². The third-order valence-corrected chi connectivity index (χ3v) is 3.17. The summed E-state index contributed by atoms with van der Waals surface area (Å²) in [4.78, 5) is 11.3. The van der Waals surface area contributed by atoms with Crippen LogP contribution in [-0.4, -0.2) is 28.4 Å². The number of nitrogen functional groups attached to an aromatic ring is 1. The third kappa shape index (κ3) is 2.32. The molecule has 0 bridgehead atoms. The van der Waals surface area contributed by atoms with Crippen molar-refractivity contribution in [2.24, 2.45) is 0 Å². The molecule has 0 saturated carbocycles. The van der Waals surface area contributed by atoms with Gasteiger partial charge in [-0.2, -0.15) is 5.10 Å². The zero-order chi connectivity index (χ0) is 14.9. The van der Waals surface area contributed by atoms with E-state index < -0.39 is 5.97 Å². The topological polar surface area (TPSA) is 101 Å². The van der Waals surface area contributed by atoms with Gasteiger partial charge in [0.15, 0.2) is 5.82 Å². The van der Waals surface area contributed by atoms with Gasteiger partial charge in [-0.1, -0.05) is 19.9 Å². The molecular weight excluding hydrogens is 258 g/mol. The number of carboxylic acids is 1. The van der Waals surface area contributed by atoms with Crippen LogP contribution < -0.4 is 10.5 Å². The Bertz CT molecular complexity index is 647. The fourth-order valence-corrected chi connectivity index (χ4v) is 2.04. The van der Waals surface area contributed by atoms with E-state index in [1.165, 1.54) is 0 Å². The normalized spacial score (nSPS) is 10.8. The summed E-state index contributed by atoms with van der Waals surface area (Å²) in [6, 6.07) is 5.64. The lowest BCUT2D eigenvalue weighted by Crippen LogP contribution is -2.02. The average Bonchev–Trinajstić information content (AvgIpc) is 2.79. The fourth-order valence-electron chi connectivity index (χ4n) is 2.04. The van der Waals surface area contributed by atoms with Crippen LogP contribution in [0.5, 0.6) is 5.75 Å². The Hall–Kier alpha value is -2.50. The number of aromatic amines is 1. The predicted molar refractivity (Wildman–Crippen MR) is 76.0 cm³/mol. The van der Waals surface area contributed by atoms with Gasteiger partial charge < -0.3 is 15.6 Å². The van der Waals surface area contributed by atoms with Crippen molar-refractivity contribution in [3.63, 3.8) is 0 Å². The van der Waals surface area contributed by atoms with Gasteiger partial charge in [-0.05, 0) is 23.6 Å². The van der Waals surface area contributed by atoms with Crippen LogP contribution in [-0.2, 0) is 0 Å². The number of aromatic carboxylic acids is 1. The Kier molecular flexibility index (Phi) is 3.65. The van der Waals surface area contributed by atoms with Crippen LogP contribution in [0.15, 0.2) is 18.2 Å². The zero-order valence-corrected chi connectivity index (χ0v) is 11.6. The van der Waals surface area contributed by atoms with Crippen LogP contribution in [0.2, 0.25) is 0 Å². The van der Waals surface area contributed by atoms with Crippen LogP contribution in [0.3, 0.4) is 0 Å². The number of hydrogen-bond acceptors (Lipinski definition) is 4. The molecule has 2 rings (SSSR count). The lowest BCUT2D eigenvalue weighted by atomic mass is 9.98. The molecular formula is C14H17N3O3. The summed E-state index contributed by atoms with van der Waals surface area (Å²) in [7, 11) is 1.54. The maximum Gasteiger partial charge on any atom is 0.341 e. The highest BCUT2D eigenvalue weighted by atomic mass is 16.5. The van der Waals surface area contributed by atoms with Crippen LogP contribution in [0, 0.1) is 0 Å². The number of rotatable bonds is 4. The maximum atomic E-state index is 11.3. The number of H-pyrrole nitrogens is 1. The summed E-state index contributed by atoms with van der Waals surface area (Å²) in [6.45, 7) is 4.15. The molecule has 0 aliphatic heterocycles. The van der Waals surface area contributed by atoms with Crippen molar-refractivity contribution in [2.45, 2.75) is 19.8 Å². The number of ether oxygens (including phenoxy) is 1. The number of nitrogens with one attached hydrogen (secondary N) is 1. The minimum absolute atomic E-state index is 0.0394. The van der Waals surface area contributed by atoms with Crippen molar-refractivity contribution in [1.29, 1.82) is 0 Å². The van der Waals surface area contributed by atoms with Gasteiger partial charge in [0, 0.05) is 5.56 Å². The van der Waals surface area contributed by atoms with Gasteiger partial charge in [-0.15, -0.1) is 0 Å². The molecule has 6 heteroatoms. The van der Waals surface area contributed by atoms with Gasteiger partial charge >= 0.3 is 5.97 Å². The minimum atomic E-state index is -1.12. The molecule has 0 radical (unpaired) electrons. The molecule has 106 valence electrons. The average molecular weight is 275 g/mol. The summed E-state index contributed by atoms with van der Waals surface area (Å²) in [5, 5.41) is 15.6. The van der Waals surface area contributed by atoms with E-state index in [1.54, 1.807) is 7.11 Å². The first kappa shape index (κ1) is 13.9. The fraction of sp³-hybridized carbons (Fsp3) is 0.286. The van der Waals surface area contributed by atoms with Crippen LogP contribution >= 0.6 is 0 Å². The van der Waals surface area contributed by atoms with Crippen LogP contribution in [0.25, 0.3) is 11.3 Å². The van der Waals surface area contributed by atoms with Gasteiger partial charge in [-0.3, -0.25) is 5.10 Å². The minimum Gasteiger partial charge on any atom is -0.496 e. The summed E-state index contributed by atoms with van der Waals surface area (Å²) in [6.07, 6.45) is 0. The molecule has 6 nitrogen and oxygen atoms in total. The molecule has 0 fully saturated rings. The highest BCUT2D eigenvalue weighted by Crippen LogP contribution is 2.35. The van der Waals surface area contributed by atoms with Crippen molar-refractivity contribution < 1.29 is 14.6 Å². The highest BCUT2D eigenvalue weighted by Gasteiger charge is 2.21. The standard InChI is InChI=1S/C14H17N3O3/c1-7(2)8-4-5-9(10(6-8)20-3)12-11(14(18)19)13(15)17-16-12/h4-7H,1-3H3,(H,18,19)(H3,15,16,17). The number of anilines is 1. The van der Waals surface area contributed by atoms with Crippen molar-refractivity contribution in [2.75, 3.05) is 12.8 Å². The van der Waals surface area contributed by atoms with Crippen molar-refractivity contribution in [3.05, 3.63) is 29.3 Å². The third-order valence-electron chi connectivity index (χ3n) is 3.17. The Labute approximate surface area is 116 Å². The number of carboxylic acid groups (broad SMARTS) is 1. The molecule has 0 aliphatic rings. The molecule has 0 aliphatic carbocycles. The van der Waals surface area contributed by atoms with Crippen LogP contribution in [0.1, 0.15) is 35.7 Å². The Balaban J connectivity index is 2.61. The summed E-state index contributed by atoms with van der Waals surface area (Å²) in [5.41, 5.74) is 7.62. The Morgan fingerprint density at radius 1 is 1.45 bits per heavy atom. The lowest BCUT2D eigenvalue weighted by Gasteiger charge is -2.12. The predicted octanol–water partition coefficient (Wildman–Crippen LogP) is 2.49. The van der Waals surface area contributed by atoms with E-state index in [0.29, 0.717) is 22.9 Å². The first-order chi connectivity index (χ1) is 9.45. The Morgan fingerprint density at radius 2 is 2.15 bits per heavy atom. The summed E-state index contributed by atoms with van der Waals surface area (Å²) >= 11 is 0. The van der Waals surface area contributed by atoms with E-state index in [4.69, 9.17) is 10.5 Å². The SMILES string of the molecule is COc1cc(C(C)C)ccc1-c1[nH]nc(N)c1C(=O)O. The lowest BCUT2D eigenvalue weighted by molar-refractivity contribution is 0.0699. The Morgan fingerprint density at radius 3 is 2.70 bits per heavy atom. The number of nitrogens with zero attached hydrogens (tertiary/aromatic N) is 1. The van der Waals surface area contributed by atoms with Gasteiger partial charge in [0.1, 0.15) is 11.3 Å². The summed E-state index contributed by atoms with van der Waals surface area (Å²) < 4.78 is 5.35. The second-order valence-corrected chi connectivity index (χ2v) is 4.78. The van der Waals surface area contributed by atoms with E-state index in [0.717, 1.165) is 5.56 Å². The van der Waals surface area contributed by atoms with E-state index in [-0.39, 0.29) is 11.4 Å². The molecule has 0 unspecified atom stereocenters. The molecule has 0 atom stereocenters. The largest absolute Gasteiger partial charge is 0.496 e.